The molecule has 1 saturated heterocycles. The van der Waals surface area contributed by atoms with Crippen molar-refractivity contribution in [3.05, 3.63) is 58.9 Å². The number of carbonyl (C=O) groups is 1. The van der Waals surface area contributed by atoms with Crippen LogP contribution >= 0.6 is 11.6 Å². The highest BCUT2D eigenvalue weighted by atomic mass is 35.5. The van der Waals surface area contributed by atoms with Crippen LogP contribution in [-0.4, -0.2) is 55.5 Å². The first-order chi connectivity index (χ1) is 15.0. The molecule has 2 heterocycles. The normalized spacial score (nSPS) is 21.5. The number of aliphatic imine (C=N–C) groups is 1. The molecule has 8 heteroatoms. The molecule has 31 heavy (non-hydrogen) atoms. The Kier molecular flexibility index (Phi) is 6.43. The fourth-order valence-electron chi connectivity index (χ4n) is 4.23. The van der Waals surface area contributed by atoms with Crippen LogP contribution in [0.3, 0.4) is 0 Å². The number of para-hydroxylation sites is 2. The summed E-state index contributed by atoms with van der Waals surface area (Å²) in [5, 5.41) is 7.36. The SMILES string of the molecule is COCCN=C1Nc2ccccc2N[C@@]12CCCN(C(=O)Cc1c(F)cccc1Cl)C2. The van der Waals surface area contributed by atoms with Crippen LogP contribution in [0.15, 0.2) is 47.5 Å². The maximum atomic E-state index is 14.2. The van der Waals surface area contributed by atoms with E-state index in [1.54, 1.807) is 24.1 Å². The third kappa shape index (κ3) is 4.52. The molecule has 2 aromatic rings. The maximum Gasteiger partial charge on any atom is 0.227 e. The van der Waals surface area contributed by atoms with Gasteiger partial charge in [-0.25, -0.2) is 4.39 Å². The van der Waals surface area contributed by atoms with Crippen molar-refractivity contribution in [2.75, 3.05) is 44.0 Å². The molecule has 2 aliphatic heterocycles. The van der Waals surface area contributed by atoms with E-state index in [0.717, 1.165) is 30.1 Å². The number of hydrogen-bond donors (Lipinski definition) is 2. The van der Waals surface area contributed by atoms with Crippen molar-refractivity contribution in [3.8, 4) is 0 Å². The first-order valence-electron chi connectivity index (χ1n) is 10.4. The molecule has 6 nitrogen and oxygen atoms in total. The van der Waals surface area contributed by atoms with E-state index in [1.165, 1.54) is 6.07 Å². The summed E-state index contributed by atoms with van der Waals surface area (Å²) in [6.07, 6.45) is 1.56. The Balaban J connectivity index is 1.59. The Bertz CT molecular complexity index is 979. The molecule has 2 aliphatic rings. The molecule has 0 aliphatic carbocycles. The molecule has 0 unspecified atom stereocenters. The fraction of sp³-hybridized carbons (Fsp3) is 0.391. The second-order valence-corrected chi connectivity index (χ2v) is 8.30. The molecule has 4 rings (SSSR count). The predicted molar refractivity (Wildman–Crippen MR) is 122 cm³/mol. The second kappa shape index (κ2) is 9.24. The number of ether oxygens (including phenoxy) is 1. The van der Waals surface area contributed by atoms with Gasteiger partial charge in [-0.3, -0.25) is 9.79 Å². The molecule has 0 radical (unpaired) electrons. The first kappa shape index (κ1) is 21.6. The molecular formula is C23H26ClFN4O2. The third-order valence-electron chi connectivity index (χ3n) is 5.81. The third-order valence-corrected chi connectivity index (χ3v) is 6.16. The van der Waals surface area contributed by atoms with E-state index >= 15 is 0 Å². The number of carbonyl (C=O) groups excluding carboxylic acids is 1. The number of nitrogens with zero attached hydrogens (tertiary/aromatic N) is 2. The van der Waals surface area contributed by atoms with Crippen LogP contribution in [0.5, 0.6) is 0 Å². The minimum absolute atomic E-state index is 0.0677. The quantitative estimate of drug-likeness (QED) is 0.685. The average molecular weight is 445 g/mol. The zero-order valence-electron chi connectivity index (χ0n) is 17.5. The van der Waals surface area contributed by atoms with Crippen molar-refractivity contribution < 1.29 is 13.9 Å². The summed E-state index contributed by atoms with van der Waals surface area (Å²) in [6, 6.07) is 12.4. The number of methoxy groups -OCH3 is 1. The molecule has 0 aromatic heterocycles. The van der Waals surface area contributed by atoms with Gasteiger partial charge in [-0.15, -0.1) is 0 Å². The van der Waals surface area contributed by atoms with Gasteiger partial charge in [-0.1, -0.05) is 29.8 Å². The highest BCUT2D eigenvalue weighted by molar-refractivity contribution is 6.31. The van der Waals surface area contributed by atoms with Gasteiger partial charge in [0.25, 0.3) is 0 Å². The molecule has 2 N–H and O–H groups in total. The van der Waals surface area contributed by atoms with Gasteiger partial charge in [0, 0.05) is 24.2 Å². The summed E-state index contributed by atoms with van der Waals surface area (Å²) in [5.74, 6) is 0.188. The summed E-state index contributed by atoms with van der Waals surface area (Å²) in [6.45, 7) is 2.08. The number of rotatable bonds is 5. The lowest BCUT2D eigenvalue weighted by Crippen LogP contribution is -2.62. The molecule has 1 spiro atoms. The topological polar surface area (TPSA) is 66.0 Å². The Labute approximate surface area is 186 Å². The first-order valence-corrected chi connectivity index (χ1v) is 10.8. The summed E-state index contributed by atoms with van der Waals surface area (Å²) in [7, 11) is 1.65. The molecule has 1 fully saturated rings. The van der Waals surface area contributed by atoms with Gasteiger partial charge in [0.1, 0.15) is 17.2 Å². The summed E-state index contributed by atoms with van der Waals surface area (Å²) >= 11 is 6.14. The van der Waals surface area contributed by atoms with Crippen LogP contribution in [0.2, 0.25) is 5.02 Å². The Morgan fingerprint density at radius 2 is 2.06 bits per heavy atom. The zero-order chi connectivity index (χ0) is 21.8. The van der Waals surface area contributed by atoms with Crippen molar-refractivity contribution in [3.63, 3.8) is 0 Å². The lowest BCUT2D eigenvalue weighted by molar-refractivity contribution is -0.131. The van der Waals surface area contributed by atoms with Crippen LogP contribution < -0.4 is 10.6 Å². The van der Waals surface area contributed by atoms with Gasteiger partial charge in [0.15, 0.2) is 0 Å². The molecule has 2 aromatic carbocycles. The van der Waals surface area contributed by atoms with Gasteiger partial charge in [-0.2, -0.15) is 0 Å². The monoisotopic (exact) mass is 444 g/mol. The van der Waals surface area contributed by atoms with Crippen molar-refractivity contribution in [1.82, 2.24) is 4.90 Å². The van der Waals surface area contributed by atoms with E-state index in [0.29, 0.717) is 26.2 Å². The van der Waals surface area contributed by atoms with Gasteiger partial charge < -0.3 is 20.3 Å². The summed E-state index contributed by atoms with van der Waals surface area (Å²) in [5.41, 5.74) is 1.63. The number of benzene rings is 2. The Morgan fingerprint density at radius 3 is 2.84 bits per heavy atom. The van der Waals surface area contributed by atoms with E-state index < -0.39 is 11.4 Å². The Morgan fingerprint density at radius 1 is 1.26 bits per heavy atom. The van der Waals surface area contributed by atoms with Gasteiger partial charge >= 0.3 is 0 Å². The Hall–Kier alpha value is -2.64. The number of halogens is 2. The minimum atomic E-state index is -0.533. The van der Waals surface area contributed by atoms with E-state index in [-0.39, 0.29) is 22.9 Å². The van der Waals surface area contributed by atoms with Crippen molar-refractivity contribution in [2.24, 2.45) is 4.99 Å². The predicted octanol–water partition coefficient (Wildman–Crippen LogP) is 3.97. The standard InChI is InChI=1S/C23H26ClFN4O2/c1-31-13-11-26-22-23(28-20-9-3-2-8-19(20)27-22)10-5-12-29(15-23)21(30)14-16-17(24)6-4-7-18(16)25/h2-4,6-9,28H,5,10-15H2,1H3,(H,26,27)/t23-/m1/s1. The lowest BCUT2D eigenvalue weighted by atomic mass is 9.85. The number of hydrogen-bond acceptors (Lipinski definition) is 4. The zero-order valence-corrected chi connectivity index (χ0v) is 18.2. The molecule has 1 atom stereocenters. The second-order valence-electron chi connectivity index (χ2n) is 7.90. The van der Waals surface area contributed by atoms with Crippen LogP contribution in [0.1, 0.15) is 18.4 Å². The van der Waals surface area contributed by atoms with Gasteiger partial charge in [0.2, 0.25) is 5.91 Å². The molecule has 1 amide bonds. The highest BCUT2D eigenvalue weighted by Crippen LogP contribution is 2.36. The van der Waals surface area contributed by atoms with Gasteiger partial charge in [-0.05, 0) is 37.1 Å². The fourth-order valence-corrected chi connectivity index (χ4v) is 4.46. The van der Waals surface area contributed by atoms with Crippen molar-refractivity contribution in [2.45, 2.75) is 24.8 Å². The molecule has 164 valence electrons. The maximum absolute atomic E-state index is 14.2. The van der Waals surface area contributed by atoms with E-state index in [2.05, 4.69) is 10.6 Å². The van der Waals surface area contributed by atoms with Crippen LogP contribution in [-0.2, 0) is 16.0 Å². The lowest BCUT2D eigenvalue weighted by Gasteiger charge is -2.47. The highest BCUT2D eigenvalue weighted by Gasteiger charge is 2.44. The average Bonchev–Trinajstić information content (AvgIpc) is 2.77. The molecule has 0 saturated carbocycles. The number of fused-ring (bicyclic) bond motifs is 1. The van der Waals surface area contributed by atoms with Gasteiger partial charge in [0.05, 0.1) is 37.5 Å². The van der Waals surface area contributed by atoms with Crippen LogP contribution in [0, 0.1) is 5.82 Å². The van der Waals surface area contributed by atoms with Crippen LogP contribution in [0.25, 0.3) is 0 Å². The molecule has 0 bridgehead atoms. The van der Waals surface area contributed by atoms with Crippen molar-refractivity contribution >= 4 is 34.7 Å². The largest absolute Gasteiger partial charge is 0.383 e. The number of amidine groups is 1. The minimum Gasteiger partial charge on any atom is -0.383 e. The van der Waals surface area contributed by atoms with E-state index in [1.807, 2.05) is 24.3 Å². The van der Waals surface area contributed by atoms with Crippen LogP contribution in [0.4, 0.5) is 15.8 Å². The number of anilines is 2. The number of likely N-dealkylation sites (tertiary alicyclic amines) is 1. The molecular weight excluding hydrogens is 419 g/mol. The summed E-state index contributed by atoms with van der Waals surface area (Å²) < 4.78 is 19.4. The number of piperidine rings is 1. The smallest absolute Gasteiger partial charge is 0.227 e. The van der Waals surface area contributed by atoms with E-state index in [9.17, 15) is 9.18 Å². The van der Waals surface area contributed by atoms with Crippen molar-refractivity contribution in [1.29, 1.82) is 0 Å². The summed E-state index contributed by atoms with van der Waals surface area (Å²) in [4.78, 5) is 19.6. The number of nitrogens with one attached hydrogen (secondary N) is 2. The number of amides is 1. The van der Waals surface area contributed by atoms with E-state index in [4.69, 9.17) is 21.3 Å².